The zero-order chi connectivity index (χ0) is 15.3. The third-order valence-electron chi connectivity index (χ3n) is 4.03. The SMILES string of the molecule is CC(C)(C)c1ccc(CCCC(N)c2ccccc2)cc1. The van der Waals surface area contributed by atoms with Gasteiger partial charge < -0.3 is 5.73 Å². The third-order valence-corrected chi connectivity index (χ3v) is 4.03. The molecule has 0 aromatic heterocycles. The highest BCUT2D eigenvalue weighted by molar-refractivity contribution is 5.27. The molecule has 0 heterocycles. The van der Waals surface area contributed by atoms with Gasteiger partial charge in [-0.3, -0.25) is 0 Å². The summed E-state index contributed by atoms with van der Waals surface area (Å²) < 4.78 is 0. The Morgan fingerprint density at radius 2 is 1.52 bits per heavy atom. The first-order valence-corrected chi connectivity index (χ1v) is 7.87. The fourth-order valence-corrected chi connectivity index (χ4v) is 2.56. The fourth-order valence-electron chi connectivity index (χ4n) is 2.56. The maximum absolute atomic E-state index is 6.24. The summed E-state index contributed by atoms with van der Waals surface area (Å²) in [6.07, 6.45) is 3.26. The molecule has 0 aliphatic heterocycles. The second-order valence-corrected chi connectivity index (χ2v) is 6.86. The van der Waals surface area contributed by atoms with Crippen LogP contribution in [0, 0.1) is 0 Å². The second kappa shape index (κ2) is 6.91. The molecule has 0 fully saturated rings. The summed E-state index contributed by atoms with van der Waals surface area (Å²) in [7, 11) is 0. The summed E-state index contributed by atoms with van der Waals surface area (Å²) in [5.74, 6) is 0. The van der Waals surface area contributed by atoms with Gasteiger partial charge in [0.25, 0.3) is 0 Å². The Kier molecular flexibility index (Phi) is 5.19. The van der Waals surface area contributed by atoms with Crippen molar-refractivity contribution in [3.63, 3.8) is 0 Å². The Balaban J connectivity index is 1.84. The fraction of sp³-hybridized carbons (Fsp3) is 0.400. The first-order valence-electron chi connectivity index (χ1n) is 7.87. The summed E-state index contributed by atoms with van der Waals surface area (Å²) in [5.41, 5.74) is 10.5. The molecular formula is C20H27N. The van der Waals surface area contributed by atoms with E-state index < -0.39 is 0 Å². The minimum atomic E-state index is 0.153. The van der Waals surface area contributed by atoms with E-state index in [1.165, 1.54) is 16.7 Å². The van der Waals surface area contributed by atoms with E-state index in [-0.39, 0.29) is 11.5 Å². The van der Waals surface area contributed by atoms with Crippen molar-refractivity contribution in [3.05, 3.63) is 71.3 Å². The van der Waals surface area contributed by atoms with Crippen LogP contribution in [0.4, 0.5) is 0 Å². The summed E-state index contributed by atoms with van der Waals surface area (Å²) in [6.45, 7) is 6.75. The highest BCUT2D eigenvalue weighted by Gasteiger charge is 2.12. The van der Waals surface area contributed by atoms with Gasteiger partial charge in [0.2, 0.25) is 0 Å². The van der Waals surface area contributed by atoms with Crippen molar-refractivity contribution in [1.29, 1.82) is 0 Å². The van der Waals surface area contributed by atoms with Crippen LogP contribution in [0.1, 0.15) is 56.3 Å². The van der Waals surface area contributed by atoms with Crippen LogP contribution in [0.2, 0.25) is 0 Å². The van der Waals surface area contributed by atoms with Gasteiger partial charge in [0.1, 0.15) is 0 Å². The van der Waals surface area contributed by atoms with Crippen LogP contribution in [0.15, 0.2) is 54.6 Å². The molecule has 1 unspecified atom stereocenters. The van der Waals surface area contributed by atoms with Gasteiger partial charge in [0, 0.05) is 6.04 Å². The molecule has 112 valence electrons. The van der Waals surface area contributed by atoms with Gasteiger partial charge in [0.05, 0.1) is 0 Å². The number of hydrogen-bond acceptors (Lipinski definition) is 1. The van der Waals surface area contributed by atoms with Crippen LogP contribution in [-0.4, -0.2) is 0 Å². The highest BCUT2D eigenvalue weighted by Crippen LogP contribution is 2.23. The predicted molar refractivity (Wildman–Crippen MR) is 91.5 cm³/mol. The number of nitrogens with two attached hydrogens (primary N) is 1. The molecule has 0 radical (unpaired) electrons. The molecule has 0 spiro atoms. The monoisotopic (exact) mass is 281 g/mol. The van der Waals surface area contributed by atoms with E-state index in [1.807, 2.05) is 6.07 Å². The average molecular weight is 281 g/mol. The molecule has 21 heavy (non-hydrogen) atoms. The molecule has 0 saturated heterocycles. The van der Waals surface area contributed by atoms with E-state index >= 15 is 0 Å². The quantitative estimate of drug-likeness (QED) is 0.819. The number of hydrogen-bond donors (Lipinski definition) is 1. The van der Waals surface area contributed by atoms with E-state index in [1.54, 1.807) is 0 Å². The number of aryl methyl sites for hydroxylation is 1. The topological polar surface area (TPSA) is 26.0 Å². The molecule has 1 heteroatoms. The summed E-state index contributed by atoms with van der Waals surface area (Å²) in [5, 5.41) is 0. The Morgan fingerprint density at radius 3 is 2.10 bits per heavy atom. The van der Waals surface area contributed by atoms with Crippen LogP contribution in [0.5, 0.6) is 0 Å². The van der Waals surface area contributed by atoms with Crippen molar-refractivity contribution in [2.45, 2.75) is 51.5 Å². The molecule has 2 aromatic rings. The van der Waals surface area contributed by atoms with Crippen molar-refractivity contribution >= 4 is 0 Å². The molecule has 2 rings (SSSR count). The molecule has 2 aromatic carbocycles. The van der Waals surface area contributed by atoms with E-state index in [0.29, 0.717) is 0 Å². The van der Waals surface area contributed by atoms with Crippen LogP contribution in [0.3, 0.4) is 0 Å². The van der Waals surface area contributed by atoms with E-state index in [2.05, 4.69) is 69.3 Å². The first kappa shape index (κ1) is 15.8. The Morgan fingerprint density at radius 1 is 0.905 bits per heavy atom. The van der Waals surface area contributed by atoms with Crippen LogP contribution < -0.4 is 5.73 Å². The molecule has 0 aliphatic rings. The van der Waals surface area contributed by atoms with Gasteiger partial charge in [-0.2, -0.15) is 0 Å². The molecule has 0 aliphatic carbocycles. The minimum absolute atomic E-state index is 0.153. The lowest BCUT2D eigenvalue weighted by molar-refractivity contribution is 0.589. The van der Waals surface area contributed by atoms with Crippen molar-refractivity contribution in [2.24, 2.45) is 5.73 Å². The molecule has 2 N–H and O–H groups in total. The maximum Gasteiger partial charge on any atom is 0.0294 e. The van der Waals surface area contributed by atoms with E-state index in [0.717, 1.165) is 19.3 Å². The predicted octanol–water partition coefficient (Wildman–Crippen LogP) is 5.01. The Bertz CT molecular complexity index is 534. The summed E-state index contributed by atoms with van der Waals surface area (Å²) in [6, 6.07) is 19.6. The molecular weight excluding hydrogens is 254 g/mol. The summed E-state index contributed by atoms with van der Waals surface area (Å²) >= 11 is 0. The number of benzene rings is 2. The standard InChI is InChI=1S/C20H27N/c1-20(2,3)18-14-12-16(13-15-18)8-7-11-19(21)17-9-5-4-6-10-17/h4-6,9-10,12-15,19H,7-8,11,21H2,1-3H3. The molecule has 1 atom stereocenters. The number of rotatable bonds is 5. The Hall–Kier alpha value is -1.60. The minimum Gasteiger partial charge on any atom is -0.324 e. The van der Waals surface area contributed by atoms with Gasteiger partial charge >= 0.3 is 0 Å². The van der Waals surface area contributed by atoms with Crippen molar-refractivity contribution in [3.8, 4) is 0 Å². The largest absolute Gasteiger partial charge is 0.324 e. The van der Waals surface area contributed by atoms with Crippen molar-refractivity contribution in [1.82, 2.24) is 0 Å². The van der Waals surface area contributed by atoms with Gasteiger partial charge in [0.15, 0.2) is 0 Å². The van der Waals surface area contributed by atoms with Crippen LogP contribution in [0.25, 0.3) is 0 Å². The van der Waals surface area contributed by atoms with Gasteiger partial charge in [-0.1, -0.05) is 75.4 Å². The average Bonchev–Trinajstić information content (AvgIpc) is 2.47. The second-order valence-electron chi connectivity index (χ2n) is 6.86. The normalized spacial score (nSPS) is 13.1. The highest BCUT2D eigenvalue weighted by atomic mass is 14.6. The van der Waals surface area contributed by atoms with Gasteiger partial charge in [-0.15, -0.1) is 0 Å². The van der Waals surface area contributed by atoms with Gasteiger partial charge in [-0.25, -0.2) is 0 Å². The smallest absolute Gasteiger partial charge is 0.0294 e. The molecule has 0 bridgehead atoms. The molecule has 1 nitrogen and oxygen atoms in total. The lowest BCUT2D eigenvalue weighted by Crippen LogP contribution is -2.11. The maximum atomic E-state index is 6.24. The van der Waals surface area contributed by atoms with Crippen LogP contribution in [-0.2, 0) is 11.8 Å². The first-order chi connectivity index (χ1) is 9.97. The third kappa shape index (κ3) is 4.71. The zero-order valence-electron chi connectivity index (χ0n) is 13.5. The summed E-state index contributed by atoms with van der Waals surface area (Å²) in [4.78, 5) is 0. The Labute approximate surface area is 129 Å². The van der Waals surface area contributed by atoms with Crippen molar-refractivity contribution < 1.29 is 0 Å². The van der Waals surface area contributed by atoms with E-state index in [9.17, 15) is 0 Å². The van der Waals surface area contributed by atoms with E-state index in [4.69, 9.17) is 5.73 Å². The molecule has 0 amide bonds. The lowest BCUT2D eigenvalue weighted by Gasteiger charge is -2.19. The molecule has 0 saturated carbocycles. The zero-order valence-corrected chi connectivity index (χ0v) is 13.5. The van der Waals surface area contributed by atoms with Gasteiger partial charge in [-0.05, 0) is 41.4 Å². The van der Waals surface area contributed by atoms with Crippen molar-refractivity contribution in [2.75, 3.05) is 0 Å². The van der Waals surface area contributed by atoms with Crippen LogP contribution >= 0.6 is 0 Å². The lowest BCUT2D eigenvalue weighted by atomic mass is 9.86.